The molecule has 0 aliphatic rings. The predicted molar refractivity (Wildman–Crippen MR) is 395 cm³/mol. The second kappa shape index (κ2) is 67.2. The highest BCUT2D eigenvalue weighted by atomic mass is 31.2. The predicted octanol–water partition coefficient (Wildman–Crippen LogP) is 22.8. The van der Waals surface area contributed by atoms with Crippen molar-refractivity contribution in [2.75, 3.05) is 39.6 Å². The molecule has 0 aliphatic heterocycles. The minimum atomic E-state index is -4.96. The summed E-state index contributed by atoms with van der Waals surface area (Å²) in [5, 5.41) is 10.6. The Morgan fingerprint density at radius 3 is 0.732 bits per heavy atom. The number of hydrogen-bond donors (Lipinski definition) is 3. The maximum Gasteiger partial charge on any atom is 0.472 e. The van der Waals surface area contributed by atoms with Crippen LogP contribution in [-0.4, -0.2) is 96.7 Å². The normalized spacial score (nSPS) is 14.4. The van der Waals surface area contributed by atoms with Gasteiger partial charge >= 0.3 is 39.5 Å². The number of aliphatic hydroxyl groups is 1. The number of hydrogen-bond acceptors (Lipinski definition) is 15. The van der Waals surface area contributed by atoms with Crippen LogP contribution < -0.4 is 0 Å². The van der Waals surface area contributed by atoms with Gasteiger partial charge in [-0.2, -0.15) is 0 Å². The molecule has 0 aromatic rings. The Morgan fingerprint density at radius 2 is 0.495 bits per heavy atom. The zero-order valence-electron chi connectivity index (χ0n) is 63.7. The summed E-state index contributed by atoms with van der Waals surface area (Å²) >= 11 is 0. The van der Waals surface area contributed by atoms with Gasteiger partial charge in [0, 0.05) is 25.7 Å². The molecule has 0 saturated carbocycles. The van der Waals surface area contributed by atoms with E-state index in [1.807, 2.05) is 0 Å². The summed E-state index contributed by atoms with van der Waals surface area (Å²) in [5.41, 5.74) is 0. The maximum absolute atomic E-state index is 13.1. The number of aliphatic hydroxyl groups excluding tert-OH is 1. The Morgan fingerprint density at radius 1 is 0.289 bits per heavy atom. The van der Waals surface area contributed by atoms with Crippen molar-refractivity contribution in [3.63, 3.8) is 0 Å². The first-order chi connectivity index (χ1) is 46.6. The van der Waals surface area contributed by atoms with Crippen LogP contribution in [0, 0.1) is 23.7 Å². The highest BCUT2D eigenvalue weighted by Gasteiger charge is 2.30. The molecular weight excluding hydrogens is 1270 g/mol. The van der Waals surface area contributed by atoms with E-state index in [-0.39, 0.29) is 25.7 Å². The minimum Gasteiger partial charge on any atom is -0.462 e. The number of esters is 4. The molecule has 0 saturated heterocycles. The fraction of sp³-hybridized carbons (Fsp3) is 0.949. The summed E-state index contributed by atoms with van der Waals surface area (Å²) < 4.78 is 68.5. The van der Waals surface area contributed by atoms with Crippen molar-refractivity contribution >= 4 is 39.5 Å². The molecule has 3 unspecified atom stereocenters. The molecule has 0 heterocycles. The quantitative estimate of drug-likeness (QED) is 0.0222. The third-order valence-electron chi connectivity index (χ3n) is 18.4. The van der Waals surface area contributed by atoms with Crippen LogP contribution in [0.2, 0.25) is 0 Å². The summed E-state index contributed by atoms with van der Waals surface area (Å²) in [5.74, 6) is 0.895. The molecule has 0 aromatic carbocycles. The third-order valence-corrected chi connectivity index (χ3v) is 20.3. The fourth-order valence-electron chi connectivity index (χ4n) is 11.9. The molecule has 97 heavy (non-hydrogen) atoms. The zero-order chi connectivity index (χ0) is 71.7. The lowest BCUT2D eigenvalue weighted by molar-refractivity contribution is -0.161. The van der Waals surface area contributed by atoms with E-state index < -0.39 is 97.5 Å². The largest absolute Gasteiger partial charge is 0.472 e. The van der Waals surface area contributed by atoms with E-state index in [1.165, 1.54) is 193 Å². The van der Waals surface area contributed by atoms with Crippen LogP contribution in [0.1, 0.15) is 396 Å². The van der Waals surface area contributed by atoms with E-state index in [0.717, 1.165) is 114 Å². The first-order valence-corrected chi connectivity index (χ1v) is 43.2. The number of phosphoric ester groups is 2. The van der Waals surface area contributed by atoms with E-state index in [0.29, 0.717) is 31.6 Å². The molecule has 0 aromatic heterocycles. The molecule has 6 atom stereocenters. The van der Waals surface area contributed by atoms with Crippen LogP contribution in [-0.2, 0) is 65.4 Å². The van der Waals surface area contributed by atoms with Crippen molar-refractivity contribution in [3.05, 3.63) is 0 Å². The summed E-state index contributed by atoms with van der Waals surface area (Å²) in [7, 11) is -9.91. The van der Waals surface area contributed by atoms with Gasteiger partial charge in [-0.3, -0.25) is 37.3 Å². The van der Waals surface area contributed by atoms with Gasteiger partial charge in [0.1, 0.15) is 19.3 Å². The number of unbranched alkanes of at least 4 members (excludes halogenated alkanes) is 40. The number of ether oxygens (including phenoxy) is 4. The molecule has 0 fully saturated rings. The van der Waals surface area contributed by atoms with Crippen LogP contribution in [0.4, 0.5) is 0 Å². The lowest BCUT2D eigenvalue weighted by Gasteiger charge is -2.21. The number of phosphoric acid groups is 2. The SMILES string of the molecule is CCC(C)CCCCCCCCC(=O)OC[C@H](COP(=O)(O)OC[C@H](O)COP(=O)(O)OC[C@@H](COC(=O)CCCCCCCCCCCCCCCCC(C)C)OC(=O)CCCCCCCCC(C)C)OC(=O)CCCCCCCCCCCCCCCCCCCCC(C)C. The molecule has 3 N–H and O–H groups in total. The maximum atomic E-state index is 13.1. The second-order valence-corrected chi connectivity index (χ2v) is 32.7. The van der Waals surface area contributed by atoms with Gasteiger partial charge in [0.05, 0.1) is 26.4 Å². The highest BCUT2D eigenvalue weighted by molar-refractivity contribution is 7.47. The van der Waals surface area contributed by atoms with Crippen molar-refractivity contribution in [1.82, 2.24) is 0 Å². The summed E-state index contributed by atoms with van der Waals surface area (Å²) in [4.78, 5) is 72.8. The Balaban J connectivity index is 5.14. The molecular formula is C78H152O17P2. The molecule has 576 valence electrons. The van der Waals surface area contributed by atoms with Crippen LogP contribution in [0.3, 0.4) is 0 Å². The Labute approximate surface area is 594 Å². The van der Waals surface area contributed by atoms with E-state index in [4.69, 9.17) is 37.0 Å². The molecule has 17 nitrogen and oxygen atoms in total. The van der Waals surface area contributed by atoms with Crippen LogP contribution >= 0.6 is 15.6 Å². The molecule has 0 spiro atoms. The molecule has 0 rings (SSSR count). The van der Waals surface area contributed by atoms with Crippen molar-refractivity contribution in [3.8, 4) is 0 Å². The lowest BCUT2D eigenvalue weighted by atomic mass is 10.00. The van der Waals surface area contributed by atoms with Gasteiger partial charge in [-0.1, -0.05) is 344 Å². The smallest absolute Gasteiger partial charge is 0.462 e. The summed E-state index contributed by atoms with van der Waals surface area (Å²) in [6.45, 7) is 14.1. The minimum absolute atomic E-state index is 0.102. The number of rotatable bonds is 75. The van der Waals surface area contributed by atoms with E-state index >= 15 is 0 Å². The summed E-state index contributed by atoms with van der Waals surface area (Å²) in [6.07, 6.45) is 53.1. The average molecular weight is 1420 g/mol. The molecule has 19 heteroatoms. The zero-order valence-corrected chi connectivity index (χ0v) is 65.5. The topological polar surface area (TPSA) is 237 Å². The lowest BCUT2D eigenvalue weighted by Crippen LogP contribution is -2.30. The first-order valence-electron chi connectivity index (χ1n) is 40.2. The van der Waals surface area contributed by atoms with Gasteiger partial charge < -0.3 is 33.8 Å². The van der Waals surface area contributed by atoms with Crippen LogP contribution in [0.15, 0.2) is 0 Å². The Bertz CT molecular complexity index is 1900. The van der Waals surface area contributed by atoms with Gasteiger partial charge in [-0.25, -0.2) is 9.13 Å². The van der Waals surface area contributed by atoms with Crippen molar-refractivity contribution in [2.24, 2.45) is 23.7 Å². The van der Waals surface area contributed by atoms with E-state index in [9.17, 15) is 43.2 Å². The van der Waals surface area contributed by atoms with Crippen LogP contribution in [0.25, 0.3) is 0 Å². The van der Waals surface area contributed by atoms with Crippen molar-refractivity contribution in [2.45, 2.75) is 414 Å². The van der Waals surface area contributed by atoms with Crippen molar-refractivity contribution in [1.29, 1.82) is 0 Å². The first kappa shape index (κ1) is 95.1. The Hall–Kier alpha value is -1.94. The standard InChI is InChI=1S/C78H152O17P2/c1-9-71(8)57-49-41-35-37-43-51-59-76(81)89-65-73(94-77(82)60-52-44-33-29-25-21-15-13-11-10-12-14-18-22-26-30-38-46-54-68(2)3)66-92-96(84,85)90-62-72(79)63-91-97(86,87)93-67-74(95-78(83)61-53-45-36-34-40-48-56-70(6)7)64-88-75(80)58-50-42-32-28-24-20-17-16-19-23-27-31-39-47-55-69(4)5/h68-74,79H,9-67H2,1-8H3,(H,84,85)(H,86,87)/t71?,72-,73+,74+/m0/s1. The van der Waals surface area contributed by atoms with Gasteiger partial charge in [0.15, 0.2) is 12.2 Å². The fourth-order valence-corrected chi connectivity index (χ4v) is 13.5. The summed E-state index contributed by atoms with van der Waals surface area (Å²) in [6, 6.07) is 0. The average Bonchev–Trinajstić information content (AvgIpc) is 1.18. The van der Waals surface area contributed by atoms with Gasteiger partial charge in [-0.15, -0.1) is 0 Å². The monoisotopic (exact) mass is 1420 g/mol. The Kier molecular flexibility index (Phi) is 65.9. The van der Waals surface area contributed by atoms with E-state index in [2.05, 4.69) is 55.4 Å². The second-order valence-electron chi connectivity index (χ2n) is 29.8. The molecule has 0 radical (unpaired) electrons. The molecule has 0 bridgehead atoms. The third kappa shape index (κ3) is 70.9. The van der Waals surface area contributed by atoms with E-state index in [1.54, 1.807) is 0 Å². The number of carbonyl (C=O) groups excluding carboxylic acids is 4. The molecule has 0 amide bonds. The highest BCUT2D eigenvalue weighted by Crippen LogP contribution is 2.45. The van der Waals surface area contributed by atoms with Gasteiger partial charge in [0.2, 0.25) is 0 Å². The molecule has 0 aliphatic carbocycles. The van der Waals surface area contributed by atoms with Crippen molar-refractivity contribution < 1.29 is 80.2 Å². The number of carbonyl (C=O) groups is 4. The van der Waals surface area contributed by atoms with Gasteiger partial charge in [0.25, 0.3) is 0 Å². The van der Waals surface area contributed by atoms with Crippen LogP contribution in [0.5, 0.6) is 0 Å². The van der Waals surface area contributed by atoms with Gasteiger partial charge in [-0.05, 0) is 49.4 Å².